The lowest BCUT2D eigenvalue weighted by Crippen LogP contribution is -2.55. The van der Waals surface area contributed by atoms with Crippen LogP contribution in [-0.2, 0) is 14.3 Å². The van der Waals surface area contributed by atoms with E-state index in [1.807, 2.05) is 20.1 Å². The number of benzene rings is 1. The number of phenolic OH excluding ortho intramolecular Hbond substituents is 1. The molecule has 1 rings (SSSR count). The van der Waals surface area contributed by atoms with Gasteiger partial charge in [0.1, 0.15) is 23.4 Å². The van der Waals surface area contributed by atoms with E-state index in [-0.39, 0.29) is 17.7 Å². The van der Waals surface area contributed by atoms with Gasteiger partial charge in [-0.3, -0.25) is 9.59 Å². The highest BCUT2D eigenvalue weighted by Crippen LogP contribution is 2.33. The number of nitrogens with one attached hydrogen (secondary N) is 2. The predicted octanol–water partition coefficient (Wildman–Crippen LogP) is 4.93. The van der Waals surface area contributed by atoms with Crippen molar-refractivity contribution in [1.29, 1.82) is 0 Å². The number of unbranched alkanes of at least 4 members (excludes halogenated alkanes) is 2. The van der Waals surface area contributed by atoms with Crippen LogP contribution in [0.1, 0.15) is 84.4 Å². The highest BCUT2D eigenvalue weighted by molar-refractivity contribution is 7.98. The molecule has 3 amide bonds. The quantitative estimate of drug-likeness (QED) is 0.316. The summed E-state index contributed by atoms with van der Waals surface area (Å²) in [6.07, 6.45) is 4.41. The molecule has 1 aromatic carbocycles. The monoisotopic (exact) mass is 523 g/mol. The number of nitrogens with zero attached hydrogens (tertiary/aromatic N) is 1. The Morgan fingerprint density at radius 1 is 1.17 bits per heavy atom. The maximum atomic E-state index is 14.0. The summed E-state index contributed by atoms with van der Waals surface area (Å²) < 4.78 is 5.40. The van der Waals surface area contributed by atoms with E-state index in [1.54, 1.807) is 57.7 Å². The van der Waals surface area contributed by atoms with Gasteiger partial charge in [-0.05, 0) is 72.0 Å². The van der Waals surface area contributed by atoms with Crippen molar-refractivity contribution in [2.75, 3.05) is 18.6 Å². The molecule has 0 aliphatic heterocycles. The van der Waals surface area contributed by atoms with Crippen LogP contribution >= 0.6 is 11.8 Å². The van der Waals surface area contributed by atoms with E-state index in [2.05, 4.69) is 17.6 Å². The maximum absolute atomic E-state index is 14.0. The summed E-state index contributed by atoms with van der Waals surface area (Å²) in [5.74, 6) is -0.165. The van der Waals surface area contributed by atoms with Crippen LogP contribution in [0.4, 0.5) is 4.79 Å². The average molecular weight is 524 g/mol. The van der Waals surface area contributed by atoms with Crippen molar-refractivity contribution in [3.05, 3.63) is 29.3 Å². The van der Waals surface area contributed by atoms with Gasteiger partial charge in [-0.15, -0.1) is 0 Å². The molecular weight excluding hydrogens is 478 g/mol. The number of amides is 3. The summed E-state index contributed by atoms with van der Waals surface area (Å²) in [5.41, 5.74) is 0.243. The Hall–Kier alpha value is -2.42. The van der Waals surface area contributed by atoms with Gasteiger partial charge in [0, 0.05) is 18.2 Å². The van der Waals surface area contributed by atoms with E-state index in [1.165, 1.54) is 4.90 Å². The van der Waals surface area contributed by atoms with E-state index >= 15 is 0 Å². The third kappa shape index (κ3) is 9.91. The van der Waals surface area contributed by atoms with Gasteiger partial charge >= 0.3 is 6.09 Å². The number of para-hydroxylation sites is 1. The normalized spacial score (nSPS) is 13.1. The zero-order chi connectivity index (χ0) is 27.5. The molecule has 3 N–H and O–H groups in total. The fourth-order valence-electron chi connectivity index (χ4n) is 3.81. The van der Waals surface area contributed by atoms with E-state index in [0.717, 1.165) is 19.3 Å². The number of ether oxygens (including phenoxy) is 1. The van der Waals surface area contributed by atoms with Crippen molar-refractivity contribution >= 4 is 29.7 Å². The molecule has 2 unspecified atom stereocenters. The van der Waals surface area contributed by atoms with Crippen molar-refractivity contribution in [3.63, 3.8) is 0 Å². The van der Waals surface area contributed by atoms with Crippen molar-refractivity contribution in [1.82, 2.24) is 15.5 Å². The Kier molecular flexibility index (Phi) is 13.1. The van der Waals surface area contributed by atoms with Crippen LogP contribution in [0.2, 0.25) is 0 Å². The molecule has 36 heavy (non-hydrogen) atoms. The van der Waals surface area contributed by atoms with Crippen LogP contribution in [0.15, 0.2) is 18.2 Å². The number of alkyl carbamates (subject to hydrolysis) is 1. The molecule has 0 saturated carbocycles. The van der Waals surface area contributed by atoms with Gasteiger partial charge in [-0.2, -0.15) is 11.8 Å². The standard InChI is InChI=1S/C27H45N3O5S/c1-9-10-11-16-28-24(32)22(20-14-12-13-19(4)23(20)31)30(18(2)3)25(33)21(15-17-36-8)29-26(34)35-27(5,6)7/h12-14,18,21-22,31H,9-11,15-17H2,1-8H3,(H,28,32)(H,29,34). The Balaban J connectivity index is 3.44. The van der Waals surface area contributed by atoms with Crippen molar-refractivity contribution < 1.29 is 24.2 Å². The van der Waals surface area contributed by atoms with E-state index < -0.39 is 29.7 Å². The largest absolute Gasteiger partial charge is 0.507 e. The maximum Gasteiger partial charge on any atom is 0.408 e. The summed E-state index contributed by atoms with van der Waals surface area (Å²) in [4.78, 5) is 41.5. The lowest BCUT2D eigenvalue weighted by Gasteiger charge is -2.37. The smallest absolute Gasteiger partial charge is 0.408 e. The molecule has 0 radical (unpaired) electrons. The first-order valence-corrected chi connectivity index (χ1v) is 14.1. The molecule has 0 aliphatic rings. The number of rotatable bonds is 13. The van der Waals surface area contributed by atoms with Crippen LogP contribution in [0, 0.1) is 6.92 Å². The van der Waals surface area contributed by atoms with Crippen molar-refractivity contribution in [2.45, 2.75) is 97.9 Å². The lowest BCUT2D eigenvalue weighted by molar-refractivity contribution is -0.144. The summed E-state index contributed by atoms with van der Waals surface area (Å²) in [7, 11) is 0. The fraction of sp³-hybridized carbons (Fsp3) is 0.667. The molecule has 8 nitrogen and oxygen atoms in total. The first-order valence-electron chi connectivity index (χ1n) is 12.7. The minimum atomic E-state index is -1.06. The van der Waals surface area contributed by atoms with Gasteiger partial charge in [0.25, 0.3) is 0 Å². The van der Waals surface area contributed by atoms with Gasteiger partial charge < -0.3 is 25.4 Å². The Morgan fingerprint density at radius 2 is 1.83 bits per heavy atom. The molecule has 0 saturated heterocycles. The number of hydrogen-bond donors (Lipinski definition) is 3. The highest BCUT2D eigenvalue weighted by Gasteiger charge is 2.38. The van der Waals surface area contributed by atoms with Gasteiger partial charge in [-0.1, -0.05) is 38.0 Å². The van der Waals surface area contributed by atoms with Gasteiger partial charge in [0.05, 0.1) is 0 Å². The van der Waals surface area contributed by atoms with Crippen LogP contribution in [0.5, 0.6) is 5.75 Å². The molecular formula is C27H45N3O5S. The molecule has 9 heteroatoms. The lowest BCUT2D eigenvalue weighted by atomic mass is 9.97. The molecule has 0 aliphatic carbocycles. The molecule has 0 fully saturated rings. The van der Waals surface area contributed by atoms with Crippen molar-refractivity contribution in [3.8, 4) is 5.75 Å². The number of phenols is 1. The van der Waals surface area contributed by atoms with Crippen LogP contribution in [0.25, 0.3) is 0 Å². The first kappa shape index (κ1) is 31.6. The Morgan fingerprint density at radius 3 is 2.39 bits per heavy atom. The average Bonchev–Trinajstić information content (AvgIpc) is 2.78. The second kappa shape index (κ2) is 15.0. The number of aromatic hydroxyl groups is 1. The highest BCUT2D eigenvalue weighted by atomic mass is 32.2. The van der Waals surface area contributed by atoms with Crippen LogP contribution in [-0.4, -0.2) is 64.2 Å². The molecule has 0 bridgehead atoms. The fourth-order valence-corrected chi connectivity index (χ4v) is 4.28. The SMILES string of the molecule is CCCCCNC(=O)C(c1cccc(C)c1O)N(C(=O)C(CCSC)NC(=O)OC(C)(C)C)C(C)C. The van der Waals surface area contributed by atoms with Gasteiger partial charge in [0.2, 0.25) is 11.8 Å². The third-order valence-electron chi connectivity index (χ3n) is 5.58. The topological polar surface area (TPSA) is 108 Å². The first-order chi connectivity index (χ1) is 16.8. The van der Waals surface area contributed by atoms with Gasteiger partial charge in [0.15, 0.2) is 0 Å². The Labute approximate surface area is 220 Å². The van der Waals surface area contributed by atoms with Crippen LogP contribution < -0.4 is 10.6 Å². The van der Waals surface area contributed by atoms with Crippen LogP contribution in [0.3, 0.4) is 0 Å². The number of aryl methyl sites for hydroxylation is 1. The zero-order valence-corrected chi connectivity index (χ0v) is 24.0. The second-order valence-electron chi connectivity index (χ2n) is 10.2. The third-order valence-corrected chi connectivity index (χ3v) is 6.22. The summed E-state index contributed by atoms with van der Waals surface area (Å²) in [6, 6.07) is 2.84. The molecule has 0 spiro atoms. The zero-order valence-electron chi connectivity index (χ0n) is 23.1. The summed E-state index contributed by atoms with van der Waals surface area (Å²) in [5, 5.41) is 16.5. The second-order valence-corrected chi connectivity index (χ2v) is 11.2. The Bertz CT molecular complexity index is 869. The molecule has 1 aromatic rings. The molecule has 0 aromatic heterocycles. The number of thioether (sulfide) groups is 1. The summed E-state index contributed by atoms with van der Waals surface area (Å²) >= 11 is 1.56. The number of carbonyl (C=O) groups is 3. The van der Waals surface area contributed by atoms with E-state index in [4.69, 9.17) is 4.74 Å². The van der Waals surface area contributed by atoms with E-state index in [9.17, 15) is 19.5 Å². The predicted molar refractivity (Wildman–Crippen MR) is 146 cm³/mol. The van der Waals surface area contributed by atoms with E-state index in [0.29, 0.717) is 29.8 Å². The molecule has 0 heterocycles. The molecule has 204 valence electrons. The van der Waals surface area contributed by atoms with Crippen molar-refractivity contribution in [2.24, 2.45) is 0 Å². The number of carbonyl (C=O) groups excluding carboxylic acids is 3. The minimum Gasteiger partial charge on any atom is -0.507 e. The summed E-state index contributed by atoms with van der Waals surface area (Å²) in [6.45, 7) is 13.2. The molecule has 2 atom stereocenters. The van der Waals surface area contributed by atoms with Gasteiger partial charge in [-0.25, -0.2) is 4.79 Å². The minimum absolute atomic E-state index is 0.0228. The number of hydrogen-bond acceptors (Lipinski definition) is 6.